The van der Waals surface area contributed by atoms with E-state index in [4.69, 9.17) is 10.5 Å². The van der Waals surface area contributed by atoms with E-state index in [1.807, 2.05) is 12.1 Å². The molecule has 0 spiro atoms. The van der Waals surface area contributed by atoms with Crippen LogP contribution in [0.3, 0.4) is 0 Å². The van der Waals surface area contributed by atoms with Gasteiger partial charge in [-0.3, -0.25) is 4.79 Å². The van der Waals surface area contributed by atoms with Gasteiger partial charge < -0.3 is 15.8 Å². The van der Waals surface area contributed by atoms with Gasteiger partial charge in [-0.1, -0.05) is 12.8 Å². The van der Waals surface area contributed by atoms with Crippen LogP contribution in [0.15, 0.2) is 22.7 Å². The Labute approximate surface area is 127 Å². The number of ether oxygens (including phenoxy) is 1. The highest BCUT2D eigenvalue weighted by atomic mass is 79.9. The number of carbonyl (C=O) groups is 1. The first-order chi connectivity index (χ1) is 8.55. The van der Waals surface area contributed by atoms with Crippen LogP contribution in [0.2, 0.25) is 0 Å². The Kier molecular flexibility index (Phi) is 5.64. The van der Waals surface area contributed by atoms with Gasteiger partial charge in [0.15, 0.2) is 0 Å². The van der Waals surface area contributed by atoms with Crippen LogP contribution >= 0.6 is 28.3 Å². The van der Waals surface area contributed by atoms with Gasteiger partial charge in [-0.05, 0) is 40.9 Å². The lowest BCUT2D eigenvalue weighted by Gasteiger charge is -2.22. The summed E-state index contributed by atoms with van der Waals surface area (Å²) in [6.45, 7) is 0. The van der Waals surface area contributed by atoms with Crippen molar-refractivity contribution in [2.24, 2.45) is 5.73 Å². The minimum absolute atomic E-state index is 0. The average Bonchev–Trinajstić information content (AvgIpc) is 2.80. The second-order valence-electron chi connectivity index (χ2n) is 4.67. The summed E-state index contributed by atoms with van der Waals surface area (Å²) >= 11 is 3.37. The Morgan fingerprint density at radius 3 is 2.63 bits per heavy atom. The Hall–Kier alpha value is -0.780. The van der Waals surface area contributed by atoms with Crippen molar-refractivity contribution in [1.82, 2.24) is 0 Å². The van der Waals surface area contributed by atoms with E-state index in [1.165, 1.54) is 0 Å². The fourth-order valence-corrected chi connectivity index (χ4v) is 2.63. The van der Waals surface area contributed by atoms with E-state index < -0.39 is 5.54 Å². The maximum atomic E-state index is 12.1. The SMILES string of the molecule is COc1cc(NC(=O)C2(N)CCCC2)ccc1Br.Cl. The number of nitrogens with one attached hydrogen (secondary N) is 1. The van der Waals surface area contributed by atoms with Gasteiger partial charge in [-0.25, -0.2) is 0 Å². The van der Waals surface area contributed by atoms with Gasteiger partial charge in [0.05, 0.1) is 17.1 Å². The van der Waals surface area contributed by atoms with Crippen molar-refractivity contribution in [2.45, 2.75) is 31.2 Å². The summed E-state index contributed by atoms with van der Waals surface area (Å²) in [5.41, 5.74) is 6.10. The number of anilines is 1. The van der Waals surface area contributed by atoms with Crippen LogP contribution in [0, 0.1) is 0 Å². The van der Waals surface area contributed by atoms with Crippen molar-refractivity contribution < 1.29 is 9.53 Å². The highest BCUT2D eigenvalue weighted by Crippen LogP contribution is 2.31. The second kappa shape index (κ2) is 6.59. The number of benzene rings is 1. The molecule has 0 aliphatic heterocycles. The van der Waals surface area contributed by atoms with E-state index >= 15 is 0 Å². The molecule has 1 aliphatic carbocycles. The lowest BCUT2D eigenvalue weighted by molar-refractivity contribution is -0.121. The molecule has 0 heterocycles. The van der Waals surface area contributed by atoms with Gasteiger partial charge in [-0.2, -0.15) is 0 Å². The van der Waals surface area contributed by atoms with Crippen molar-refractivity contribution in [3.63, 3.8) is 0 Å². The minimum atomic E-state index is -0.708. The first kappa shape index (κ1) is 16.3. The zero-order valence-corrected chi connectivity index (χ0v) is 13.1. The average molecular weight is 350 g/mol. The molecule has 1 fully saturated rings. The maximum Gasteiger partial charge on any atom is 0.244 e. The molecule has 0 saturated heterocycles. The Balaban J connectivity index is 0.00000180. The summed E-state index contributed by atoms with van der Waals surface area (Å²) in [7, 11) is 1.59. The molecule has 1 amide bonds. The molecule has 0 bridgehead atoms. The molecule has 0 atom stereocenters. The molecule has 0 unspecified atom stereocenters. The second-order valence-corrected chi connectivity index (χ2v) is 5.52. The first-order valence-electron chi connectivity index (χ1n) is 5.99. The van der Waals surface area contributed by atoms with E-state index in [2.05, 4.69) is 21.2 Å². The van der Waals surface area contributed by atoms with E-state index in [0.717, 1.165) is 30.2 Å². The molecule has 1 saturated carbocycles. The van der Waals surface area contributed by atoms with Crippen LogP contribution in [-0.4, -0.2) is 18.6 Å². The third-order valence-electron chi connectivity index (χ3n) is 3.36. The smallest absolute Gasteiger partial charge is 0.244 e. The molecule has 2 rings (SSSR count). The number of carbonyl (C=O) groups excluding carboxylic acids is 1. The predicted octanol–water partition coefficient (Wildman–Crippen LogP) is 3.09. The predicted molar refractivity (Wildman–Crippen MR) is 82.0 cm³/mol. The third kappa shape index (κ3) is 3.61. The Morgan fingerprint density at radius 1 is 1.42 bits per heavy atom. The van der Waals surface area contributed by atoms with Gasteiger partial charge in [0, 0.05) is 11.8 Å². The molecule has 19 heavy (non-hydrogen) atoms. The van der Waals surface area contributed by atoms with Crippen LogP contribution in [-0.2, 0) is 4.79 Å². The molecule has 6 heteroatoms. The van der Waals surface area contributed by atoms with Gasteiger partial charge in [-0.15, -0.1) is 12.4 Å². The molecule has 0 aromatic heterocycles. The summed E-state index contributed by atoms with van der Waals surface area (Å²) in [6, 6.07) is 5.44. The third-order valence-corrected chi connectivity index (χ3v) is 4.01. The minimum Gasteiger partial charge on any atom is -0.495 e. The van der Waals surface area contributed by atoms with Crippen LogP contribution in [0.5, 0.6) is 5.75 Å². The lowest BCUT2D eigenvalue weighted by Crippen LogP contribution is -2.48. The first-order valence-corrected chi connectivity index (χ1v) is 6.78. The summed E-state index contributed by atoms with van der Waals surface area (Å²) in [5, 5.41) is 2.86. The molecule has 0 radical (unpaired) electrons. The number of amides is 1. The van der Waals surface area contributed by atoms with Gasteiger partial charge in [0.25, 0.3) is 0 Å². The van der Waals surface area contributed by atoms with Crippen LogP contribution in [0.1, 0.15) is 25.7 Å². The van der Waals surface area contributed by atoms with E-state index in [0.29, 0.717) is 11.4 Å². The molecule has 1 aromatic carbocycles. The van der Waals surface area contributed by atoms with Crippen LogP contribution in [0.4, 0.5) is 5.69 Å². The highest BCUT2D eigenvalue weighted by Gasteiger charge is 2.36. The van der Waals surface area contributed by atoms with Gasteiger partial charge in [0.1, 0.15) is 5.75 Å². The normalized spacial score (nSPS) is 16.6. The largest absolute Gasteiger partial charge is 0.495 e. The maximum absolute atomic E-state index is 12.1. The summed E-state index contributed by atoms with van der Waals surface area (Å²) in [5.74, 6) is 0.578. The van der Waals surface area contributed by atoms with Crippen molar-refractivity contribution >= 4 is 39.9 Å². The van der Waals surface area contributed by atoms with E-state index in [-0.39, 0.29) is 18.3 Å². The molecule has 106 valence electrons. The molecule has 4 nitrogen and oxygen atoms in total. The summed E-state index contributed by atoms with van der Waals surface area (Å²) in [4.78, 5) is 12.1. The van der Waals surface area contributed by atoms with E-state index in [1.54, 1.807) is 13.2 Å². The zero-order valence-electron chi connectivity index (χ0n) is 10.7. The quantitative estimate of drug-likeness (QED) is 0.881. The number of methoxy groups -OCH3 is 1. The number of halogens is 2. The zero-order chi connectivity index (χ0) is 13.2. The highest BCUT2D eigenvalue weighted by molar-refractivity contribution is 9.10. The lowest BCUT2D eigenvalue weighted by atomic mass is 9.98. The van der Waals surface area contributed by atoms with E-state index in [9.17, 15) is 4.79 Å². The number of hydrogen-bond donors (Lipinski definition) is 2. The Morgan fingerprint density at radius 2 is 2.05 bits per heavy atom. The summed E-state index contributed by atoms with van der Waals surface area (Å²) in [6.07, 6.45) is 3.56. The molecule has 1 aliphatic rings. The standard InChI is InChI=1S/C13H17BrN2O2.ClH/c1-18-11-8-9(4-5-10(11)14)16-12(17)13(15)6-2-3-7-13;/h4-5,8H,2-3,6-7,15H2,1H3,(H,16,17);1H. The number of nitrogens with two attached hydrogens (primary N) is 1. The van der Waals surface area contributed by atoms with Crippen molar-refractivity contribution in [3.05, 3.63) is 22.7 Å². The monoisotopic (exact) mass is 348 g/mol. The van der Waals surface area contributed by atoms with Crippen molar-refractivity contribution in [3.8, 4) is 5.75 Å². The topological polar surface area (TPSA) is 64.3 Å². The fourth-order valence-electron chi connectivity index (χ4n) is 2.23. The van der Waals surface area contributed by atoms with Gasteiger partial charge >= 0.3 is 0 Å². The Bertz CT molecular complexity index is 462. The van der Waals surface area contributed by atoms with Crippen molar-refractivity contribution in [1.29, 1.82) is 0 Å². The number of hydrogen-bond acceptors (Lipinski definition) is 3. The fraction of sp³-hybridized carbons (Fsp3) is 0.462. The summed E-state index contributed by atoms with van der Waals surface area (Å²) < 4.78 is 6.04. The van der Waals surface area contributed by atoms with Crippen molar-refractivity contribution in [2.75, 3.05) is 12.4 Å². The molecular formula is C13H18BrClN2O2. The van der Waals surface area contributed by atoms with Gasteiger partial charge in [0.2, 0.25) is 5.91 Å². The van der Waals surface area contributed by atoms with Crippen LogP contribution < -0.4 is 15.8 Å². The molecule has 3 N–H and O–H groups in total. The molecule has 1 aromatic rings. The molecular weight excluding hydrogens is 332 g/mol. The number of rotatable bonds is 3. The van der Waals surface area contributed by atoms with Crippen LogP contribution in [0.25, 0.3) is 0 Å².